The third-order valence-electron chi connectivity index (χ3n) is 5.06. The third kappa shape index (κ3) is 5.75. The molecule has 0 aliphatic carbocycles. The van der Waals surface area contributed by atoms with Gasteiger partial charge in [0.15, 0.2) is 0 Å². The van der Waals surface area contributed by atoms with E-state index < -0.39 is 6.09 Å². The molecule has 9 heteroatoms. The molecule has 0 bridgehead atoms. The lowest BCUT2D eigenvalue weighted by atomic mass is 10.0. The molecule has 1 aromatic carbocycles. The van der Waals surface area contributed by atoms with Gasteiger partial charge in [-0.2, -0.15) is 16.6 Å². The average Bonchev–Trinajstić information content (AvgIpc) is 3.50. The Morgan fingerprint density at radius 1 is 1.42 bits per heavy atom. The fraction of sp³-hybridized carbons (Fsp3) is 0.364. The van der Waals surface area contributed by atoms with Gasteiger partial charge in [0, 0.05) is 18.0 Å². The van der Waals surface area contributed by atoms with E-state index in [1.165, 1.54) is 28.5 Å². The number of thiophene rings is 1. The monoisotopic (exact) mass is 444 g/mol. The number of cyclic esters (lactones) is 1. The summed E-state index contributed by atoms with van der Waals surface area (Å²) in [4.78, 5) is 13.4. The summed E-state index contributed by atoms with van der Waals surface area (Å²) in [6.07, 6.45) is 2.16. The van der Waals surface area contributed by atoms with Crippen LogP contribution in [0, 0.1) is 29.0 Å². The van der Waals surface area contributed by atoms with Crippen LogP contribution in [-0.2, 0) is 9.47 Å². The minimum absolute atomic E-state index is 0.148. The second-order valence-electron chi connectivity index (χ2n) is 7.31. The highest BCUT2D eigenvalue weighted by Gasteiger charge is 2.32. The number of benzene rings is 1. The van der Waals surface area contributed by atoms with Crippen LogP contribution in [0.1, 0.15) is 6.92 Å². The number of carbonyl (C=O) groups is 1. The predicted molar refractivity (Wildman–Crippen MR) is 118 cm³/mol. The van der Waals surface area contributed by atoms with Crippen molar-refractivity contribution in [3.63, 3.8) is 0 Å². The van der Waals surface area contributed by atoms with Crippen molar-refractivity contribution in [2.45, 2.75) is 13.0 Å². The van der Waals surface area contributed by atoms with Crippen molar-refractivity contribution in [2.24, 2.45) is 17.6 Å². The summed E-state index contributed by atoms with van der Waals surface area (Å²) < 4.78 is 24.6. The number of nitrogens with zero attached hydrogens (tertiary/aromatic N) is 2. The summed E-state index contributed by atoms with van der Waals surface area (Å²) >= 11 is 1.51. The van der Waals surface area contributed by atoms with E-state index in [0.29, 0.717) is 36.9 Å². The Hall–Kier alpha value is -3.09. The van der Waals surface area contributed by atoms with E-state index in [2.05, 4.69) is 11.4 Å². The summed E-state index contributed by atoms with van der Waals surface area (Å²) in [5.74, 6) is 0.233. The molecule has 4 rings (SSSR count). The van der Waals surface area contributed by atoms with E-state index >= 15 is 0 Å². The maximum atomic E-state index is 14.3. The molecule has 2 aliphatic rings. The summed E-state index contributed by atoms with van der Waals surface area (Å²) in [6, 6.07) is 8.83. The molecule has 3 atom stereocenters. The quantitative estimate of drug-likeness (QED) is 0.730. The van der Waals surface area contributed by atoms with Crippen LogP contribution >= 0.6 is 11.3 Å². The number of nitrogens with two attached hydrogens (primary N) is 1. The lowest BCUT2D eigenvalue weighted by Crippen LogP contribution is -2.28. The highest BCUT2D eigenvalue weighted by Crippen LogP contribution is 2.30. The van der Waals surface area contributed by atoms with Crippen LogP contribution < -0.4 is 16.0 Å². The van der Waals surface area contributed by atoms with E-state index in [-0.39, 0.29) is 17.8 Å². The molecule has 2 unspecified atom stereocenters. The molecule has 164 valence electrons. The topological polar surface area (TPSA) is 101 Å². The Morgan fingerprint density at radius 3 is 2.84 bits per heavy atom. The number of anilines is 1. The number of nitrogens with one attached hydrogen (secondary N) is 1. The molecule has 1 amide bonds. The number of carbonyl (C=O) groups excluding carboxylic acids is 1. The van der Waals surface area contributed by atoms with Gasteiger partial charge in [0.05, 0.1) is 44.0 Å². The van der Waals surface area contributed by atoms with Gasteiger partial charge in [-0.05, 0) is 46.5 Å². The second kappa shape index (κ2) is 10.8. The standard InChI is InChI=1S/C16H16FN3O2S.C6H9NO/c17-15-7-12(1-2-14(15)11-3-6-23-10-11)20-9-13(22-16(20)21)8-19-5-4-18;1-5-3-8-4-6(5)2-7/h1-7,10,13,19H,8-9,18H2;5-6H,3-4H2,1H3/b5-4-;/t;5-,6?/m.1/s1. The number of rotatable bonds is 5. The summed E-state index contributed by atoms with van der Waals surface area (Å²) in [7, 11) is 0. The Bertz CT molecular complexity index is 945. The highest BCUT2D eigenvalue weighted by molar-refractivity contribution is 7.08. The van der Waals surface area contributed by atoms with Gasteiger partial charge in [-0.1, -0.05) is 6.92 Å². The van der Waals surface area contributed by atoms with Crippen LogP contribution in [0.2, 0.25) is 0 Å². The number of ether oxygens (including phenoxy) is 2. The van der Waals surface area contributed by atoms with Crippen molar-refractivity contribution >= 4 is 23.1 Å². The van der Waals surface area contributed by atoms with Crippen LogP contribution in [0.5, 0.6) is 0 Å². The Kier molecular flexibility index (Phi) is 7.87. The Labute approximate surface area is 184 Å². The fourth-order valence-electron chi connectivity index (χ4n) is 3.26. The van der Waals surface area contributed by atoms with Crippen LogP contribution in [0.15, 0.2) is 47.4 Å². The molecule has 31 heavy (non-hydrogen) atoms. The van der Waals surface area contributed by atoms with Crippen LogP contribution in [0.4, 0.5) is 14.9 Å². The molecule has 2 fully saturated rings. The normalized spacial score (nSPS) is 22.7. The minimum atomic E-state index is -0.476. The molecule has 2 aliphatic heterocycles. The van der Waals surface area contributed by atoms with Crippen molar-refractivity contribution in [3.8, 4) is 17.2 Å². The van der Waals surface area contributed by atoms with Gasteiger partial charge in [0.25, 0.3) is 0 Å². The fourth-order valence-corrected chi connectivity index (χ4v) is 3.91. The predicted octanol–water partition coefficient (Wildman–Crippen LogP) is 3.69. The first kappa shape index (κ1) is 22.6. The molecule has 7 nitrogen and oxygen atoms in total. The summed E-state index contributed by atoms with van der Waals surface area (Å²) in [5.41, 5.74) is 7.07. The minimum Gasteiger partial charge on any atom is -0.442 e. The van der Waals surface area contributed by atoms with Crippen molar-refractivity contribution in [3.05, 3.63) is 53.2 Å². The number of halogens is 1. The first-order valence-electron chi connectivity index (χ1n) is 9.91. The Balaban J connectivity index is 0.000000287. The zero-order chi connectivity index (χ0) is 22.2. The largest absolute Gasteiger partial charge is 0.442 e. The van der Waals surface area contributed by atoms with E-state index in [1.807, 2.05) is 23.8 Å². The van der Waals surface area contributed by atoms with Gasteiger partial charge >= 0.3 is 6.09 Å². The first-order valence-corrected chi connectivity index (χ1v) is 10.9. The van der Waals surface area contributed by atoms with Gasteiger partial charge in [-0.25, -0.2) is 9.18 Å². The lowest BCUT2D eigenvalue weighted by Gasteiger charge is -2.14. The Morgan fingerprint density at radius 2 is 2.26 bits per heavy atom. The maximum Gasteiger partial charge on any atom is 0.414 e. The second-order valence-corrected chi connectivity index (χ2v) is 8.09. The molecule has 0 radical (unpaired) electrons. The molecule has 2 saturated heterocycles. The molecule has 0 spiro atoms. The van der Waals surface area contributed by atoms with E-state index in [4.69, 9.17) is 20.5 Å². The summed E-state index contributed by atoms with van der Waals surface area (Å²) in [5, 5.41) is 15.1. The molecule has 2 aromatic rings. The first-order chi connectivity index (χ1) is 15.0. The van der Waals surface area contributed by atoms with Crippen LogP contribution in [0.25, 0.3) is 11.1 Å². The number of hydrogen-bond acceptors (Lipinski definition) is 7. The van der Waals surface area contributed by atoms with Crippen molar-refractivity contribution in [1.29, 1.82) is 5.26 Å². The molecule has 1 aromatic heterocycles. The third-order valence-corrected chi connectivity index (χ3v) is 5.74. The zero-order valence-electron chi connectivity index (χ0n) is 17.2. The van der Waals surface area contributed by atoms with Crippen molar-refractivity contribution in [2.75, 3.05) is 31.2 Å². The van der Waals surface area contributed by atoms with E-state index in [0.717, 1.165) is 12.2 Å². The van der Waals surface area contributed by atoms with Crippen LogP contribution in [0.3, 0.4) is 0 Å². The highest BCUT2D eigenvalue weighted by atomic mass is 32.1. The summed E-state index contributed by atoms with van der Waals surface area (Å²) in [6.45, 7) is 4.25. The van der Waals surface area contributed by atoms with Gasteiger partial charge in [0.2, 0.25) is 0 Å². The van der Waals surface area contributed by atoms with Crippen LogP contribution in [-0.4, -0.2) is 38.5 Å². The van der Waals surface area contributed by atoms with Crippen molar-refractivity contribution < 1.29 is 18.7 Å². The van der Waals surface area contributed by atoms with E-state index in [9.17, 15) is 9.18 Å². The molecule has 3 N–H and O–H groups in total. The molecule has 0 saturated carbocycles. The van der Waals surface area contributed by atoms with E-state index in [1.54, 1.807) is 18.3 Å². The van der Waals surface area contributed by atoms with Gasteiger partial charge < -0.3 is 20.5 Å². The SMILES string of the molecule is C[C@@H]1COCC1C#N.N/C=C\NCC1CN(c2ccc(-c3ccsc3)c(F)c2)C(=O)O1. The number of hydrogen-bond donors (Lipinski definition) is 2. The molecular weight excluding hydrogens is 419 g/mol. The van der Waals surface area contributed by atoms with Crippen molar-refractivity contribution in [1.82, 2.24) is 5.32 Å². The van der Waals surface area contributed by atoms with Gasteiger partial charge in [-0.15, -0.1) is 0 Å². The smallest absolute Gasteiger partial charge is 0.414 e. The molecular formula is C22H25FN4O3S. The molecule has 3 heterocycles. The van der Waals surface area contributed by atoms with Gasteiger partial charge in [0.1, 0.15) is 11.9 Å². The van der Waals surface area contributed by atoms with Gasteiger partial charge in [-0.3, -0.25) is 4.90 Å². The number of amides is 1. The average molecular weight is 445 g/mol. The maximum absolute atomic E-state index is 14.3. The zero-order valence-corrected chi connectivity index (χ0v) is 18.0. The lowest BCUT2D eigenvalue weighted by molar-refractivity contribution is 0.142. The number of nitriles is 1.